The zero-order valence-corrected chi connectivity index (χ0v) is 16.1. The Balaban J connectivity index is 1.88. The van der Waals surface area contributed by atoms with Crippen LogP contribution >= 0.6 is 23.4 Å². The van der Waals surface area contributed by atoms with E-state index >= 15 is 0 Å². The number of ether oxygens (including phenoxy) is 1. The number of aliphatic imine (C=N–C) groups is 1. The monoisotopic (exact) mass is 436 g/mol. The van der Waals surface area contributed by atoms with E-state index in [1.165, 1.54) is 17.0 Å². The molecule has 0 radical (unpaired) electrons. The molecule has 1 aromatic carbocycles. The number of carboxylic acid groups (broad SMARTS) is 1. The third-order valence-electron chi connectivity index (χ3n) is 3.92. The van der Waals surface area contributed by atoms with Crippen molar-refractivity contribution in [3.05, 3.63) is 29.0 Å². The van der Waals surface area contributed by atoms with Crippen molar-refractivity contribution in [2.45, 2.75) is 11.3 Å². The van der Waals surface area contributed by atoms with Gasteiger partial charge < -0.3 is 14.7 Å². The van der Waals surface area contributed by atoms with E-state index in [0.717, 1.165) is 17.8 Å². The van der Waals surface area contributed by atoms with Crippen LogP contribution in [0.2, 0.25) is 5.02 Å². The number of sulfone groups is 1. The van der Waals surface area contributed by atoms with E-state index in [0.29, 0.717) is 5.69 Å². The number of carboxylic acids is 1. The van der Waals surface area contributed by atoms with Gasteiger partial charge in [-0.1, -0.05) is 23.4 Å². The number of amides is 1. The number of carbonyl (C=O) groups is 2. The number of halogens is 2. The van der Waals surface area contributed by atoms with Crippen LogP contribution in [-0.4, -0.2) is 66.6 Å². The average Bonchev–Trinajstić information content (AvgIpc) is 3.00. The molecular formula is C15H14ClFN2O6S2. The minimum atomic E-state index is -3.25. The first kappa shape index (κ1) is 20.1. The lowest BCUT2D eigenvalue weighted by atomic mass is 10.2. The van der Waals surface area contributed by atoms with E-state index in [1.54, 1.807) is 0 Å². The number of thioether (sulfide) groups is 1. The molecule has 2 atom stereocenters. The molecule has 3 rings (SSSR count). The SMILES string of the molecule is O=C(O)COCC(=O)N=C1S[C@H]2CS(=O)(=O)C[C@H]2N1c1ccc(Cl)c(F)c1. The average molecular weight is 437 g/mol. The second kappa shape index (κ2) is 7.74. The van der Waals surface area contributed by atoms with Crippen LogP contribution in [0.15, 0.2) is 23.2 Å². The number of hydrogen-bond donors (Lipinski definition) is 1. The zero-order valence-electron chi connectivity index (χ0n) is 13.7. The lowest BCUT2D eigenvalue weighted by Crippen LogP contribution is -2.37. The van der Waals surface area contributed by atoms with Gasteiger partial charge in [-0.25, -0.2) is 17.6 Å². The topological polar surface area (TPSA) is 113 Å². The van der Waals surface area contributed by atoms with Crippen molar-refractivity contribution in [1.82, 2.24) is 0 Å². The summed E-state index contributed by atoms with van der Waals surface area (Å²) < 4.78 is 42.5. The molecule has 2 fully saturated rings. The third-order valence-corrected chi connectivity index (χ3v) is 7.44. The molecule has 0 aliphatic carbocycles. The molecule has 0 unspecified atom stereocenters. The van der Waals surface area contributed by atoms with Crippen LogP contribution < -0.4 is 4.90 Å². The third kappa shape index (κ3) is 4.60. The number of amidine groups is 1. The first-order valence-corrected chi connectivity index (χ1v) is 10.8. The number of anilines is 1. The van der Waals surface area contributed by atoms with Gasteiger partial charge in [0.15, 0.2) is 15.0 Å². The Morgan fingerprint density at radius 1 is 1.37 bits per heavy atom. The van der Waals surface area contributed by atoms with E-state index in [1.807, 2.05) is 0 Å². The van der Waals surface area contributed by atoms with Crippen molar-refractivity contribution in [3.63, 3.8) is 0 Å². The summed E-state index contributed by atoms with van der Waals surface area (Å²) in [6, 6.07) is 3.51. The van der Waals surface area contributed by atoms with Crippen molar-refractivity contribution in [2.75, 3.05) is 29.6 Å². The normalized spacial score (nSPS) is 25.0. The number of nitrogens with zero attached hydrogens (tertiary/aromatic N) is 2. The number of hydrogen-bond acceptors (Lipinski definition) is 6. The molecule has 1 aromatic rings. The Hall–Kier alpha value is -1.69. The number of benzene rings is 1. The fourth-order valence-electron chi connectivity index (χ4n) is 2.87. The minimum Gasteiger partial charge on any atom is -0.480 e. The maximum atomic E-state index is 13.9. The second-order valence-corrected chi connectivity index (χ2v) is 9.71. The molecule has 2 saturated heterocycles. The van der Waals surface area contributed by atoms with Crippen molar-refractivity contribution < 1.29 is 32.2 Å². The van der Waals surface area contributed by atoms with Crippen LogP contribution in [0.5, 0.6) is 0 Å². The maximum Gasteiger partial charge on any atom is 0.329 e. The molecule has 8 nitrogen and oxygen atoms in total. The molecule has 2 aliphatic rings. The summed E-state index contributed by atoms with van der Waals surface area (Å²) in [5.41, 5.74) is 0.326. The fourth-order valence-corrected chi connectivity index (χ4v) is 6.91. The van der Waals surface area contributed by atoms with Gasteiger partial charge >= 0.3 is 5.97 Å². The molecule has 0 bridgehead atoms. The molecule has 12 heteroatoms. The van der Waals surface area contributed by atoms with Crippen molar-refractivity contribution in [1.29, 1.82) is 0 Å². The van der Waals surface area contributed by atoms with Gasteiger partial charge in [-0.2, -0.15) is 4.99 Å². The van der Waals surface area contributed by atoms with Crippen molar-refractivity contribution in [2.24, 2.45) is 4.99 Å². The van der Waals surface area contributed by atoms with Crippen LogP contribution in [0.1, 0.15) is 0 Å². The molecule has 0 spiro atoms. The van der Waals surface area contributed by atoms with Gasteiger partial charge in [0.2, 0.25) is 0 Å². The van der Waals surface area contributed by atoms with Gasteiger partial charge in [-0.3, -0.25) is 4.79 Å². The first-order valence-electron chi connectivity index (χ1n) is 7.69. The van der Waals surface area contributed by atoms with Crippen molar-refractivity contribution in [3.8, 4) is 0 Å². The number of rotatable bonds is 5. The van der Waals surface area contributed by atoms with Gasteiger partial charge in [-0.05, 0) is 18.2 Å². The molecule has 2 aliphatic heterocycles. The fraction of sp³-hybridized carbons (Fsp3) is 0.400. The smallest absolute Gasteiger partial charge is 0.329 e. The van der Waals surface area contributed by atoms with Gasteiger partial charge in [0.25, 0.3) is 5.91 Å². The Labute approximate surface area is 163 Å². The molecular weight excluding hydrogens is 423 g/mol. The second-order valence-electron chi connectivity index (χ2n) is 5.94. The standard InChI is InChI=1S/C15H14ClFN2O6S2/c16-9-2-1-8(3-10(9)17)19-11-6-27(23,24)7-12(11)26-15(19)18-13(20)4-25-5-14(21)22/h1-3,11-12H,4-7H2,(H,21,22)/t11-,12+/m1/s1. The highest BCUT2D eigenvalue weighted by Gasteiger charge is 2.49. The molecule has 0 saturated carbocycles. The number of carbonyl (C=O) groups excluding carboxylic acids is 1. The van der Waals surface area contributed by atoms with E-state index in [9.17, 15) is 22.4 Å². The minimum absolute atomic E-state index is 0.0718. The van der Waals surface area contributed by atoms with Gasteiger partial charge in [0.05, 0.1) is 22.6 Å². The summed E-state index contributed by atoms with van der Waals surface area (Å²) in [5.74, 6) is -2.83. The van der Waals surface area contributed by atoms with Crippen molar-refractivity contribution >= 4 is 55.9 Å². The maximum absolute atomic E-state index is 13.9. The largest absolute Gasteiger partial charge is 0.480 e. The summed E-state index contributed by atoms with van der Waals surface area (Å²) in [4.78, 5) is 27.8. The van der Waals surface area contributed by atoms with Gasteiger partial charge in [0, 0.05) is 10.9 Å². The Morgan fingerprint density at radius 3 is 2.78 bits per heavy atom. The highest BCUT2D eigenvalue weighted by molar-refractivity contribution is 8.16. The summed E-state index contributed by atoms with van der Waals surface area (Å²) >= 11 is 6.82. The summed E-state index contributed by atoms with van der Waals surface area (Å²) in [5, 5.41) is 8.30. The molecule has 146 valence electrons. The predicted octanol–water partition coefficient (Wildman–Crippen LogP) is 1.18. The van der Waals surface area contributed by atoms with E-state index in [-0.39, 0.29) is 26.9 Å². The van der Waals surface area contributed by atoms with E-state index in [2.05, 4.69) is 4.99 Å². The Kier molecular flexibility index (Phi) is 5.75. The summed E-state index contributed by atoms with van der Waals surface area (Å²) in [6.07, 6.45) is 0. The summed E-state index contributed by atoms with van der Waals surface area (Å²) in [7, 11) is -3.25. The number of fused-ring (bicyclic) bond motifs is 1. The van der Waals surface area contributed by atoms with Crippen LogP contribution in [0, 0.1) is 5.82 Å². The number of aliphatic carboxylic acids is 1. The van der Waals surface area contributed by atoms with E-state index in [4.69, 9.17) is 21.4 Å². The highest BCUT2D eigenvalue weighted by atomic mass is 35.5. The van der Waals surface area contributed by atoms with Crippen LogP contribution in [0.25, 0.3) is 0 Å². The van der Waals surface area contributed by atoms with Crippen LogP contribution in [0.4, 0.5) is 10.1 Å². The quantitative estimate of drug-likeness (QED) is 0.732. The van der Waals surface area contributed by atoms with Crippen LogP contribution in [0.3, 0.4) is 0 Å². The summed E-state index contributed by atoms with van der Waals surface area (Å²) in [6.45, 7) is -1.17. The lowest BCUT2D eigenvalue weighted by Gasteiger charge is -2.24. The van der Waals surface area contributed by atoms with E-state index < -0.39 is 46.8 Å². The van der Waals surface area contributed by atoms with Gasteiger partial charge in [0.1, 0.15) is 19.0 Å². The lowest BCUT2D eigenvalue weighted by molar-refractivity contribution is -0.143. The molecule has 0 aromatic heterocycles. The Bertz CT molecular complexity index is 923. The zero-order chi connectivity index (χ0) is 19.8. The molecule has 27 heavy (non-hydrogen) atoms. The molecule has 1 amide bonds. The van der Waals surface area contributed by atoms with Gasteiger partial charge in [-0.15, -0.1) is 0 Å². The molecule has 2 heterocycles. The predicted molar refractivity (Wildman–Crippen MR) is 98.6 cm³/mol. The highest BCUT2D eigenvalue weighted by Crippen LogP contribution is 2.41. The molecule has 1 N–H and O–H groups in total. The Morgan fingerprint density at radius 2 is 2.11 bits per heavy atom. The first-order chi connectivity index (χ1) is 12.7. The van der Waals surface area contributed by atoms with Crippen LogP contribution in [-0.2, 0) is 24.2 Å².